The number of guanidine groups is 1. The average Bonchev–Trinajstić information content (AvgIpc) is 3.03. The van der Waals surface area contributed by atoms with Gasteiger partial charge in [-0.3, -0.25) is 14.6 Å². The van der Waals surface area contributed by atoms with E-state index in [1.54, 1.807) is 0 Å². The van der Waals surface area contributed by atoms with Gasteiger partial charge in [-0.2, -0.15) is 0 Å². The van der Waals surface area contributed by atoms with E-state index in [-0.39, 0.29) is 17.8 Å². The number of likely N-dealkylation sites (tertiary alicyclic amines) is 2. The molecule has 0 unspecified atom stereocenters. The van der Waals surface area contributed by atoms with Gasteiger partial charge in [0.05, 0.1) is 12.5 Å². The van der Waals surface area contributed by atoms with Crippen LogP contribution in [0.3, 0.4) is 0 Å². The van der Waals surface area contributed by atoms with Crippen molar-refractivity contribution < 1.29 is 14.3 Å². The van der Waals surface area contributed by atoms with Crippen LogP contribution in [-0.4, -0.2) is 73.5 Å². The van der Waals surface area contributed by atoms with Crippen LogP contribution in [0.2, 0.25) is 0 Å². The van der Waals surface area contributed by atoms with Crippen LogP contribution in [0.15, 0.2) is 4.99 Å². The Kier molecular flexibility index (Phi) is 8.01. The van der Waals surface area contributed by atoms with Crippen LogP contribution in [0, 0.1) is 5.92 Å². The van der Waals surface area contributed by atoms with Gasteiger partial charge in [-0.15, -0.1) is 0 Å². The van der Waals surface area contributed by atoms with Gasteiger partial charge in [-0.05, 0) is 39.5 Å². The minimum Gasteiger partial charge on any atom is -0.466 e. The fraction of sp³-hybridized carbons (Fsp3) is 0.833. The van der Waals surface area contributed by atoms with Crippen molar-refractivity contribution >= 4 is 17.8 Å². The second kappa shape index (κ2) is 10.3. The van der Waals surface area contributed by atoms with E-state index >= 15 is 0 Å². The molecule has 0 saturated carbocycles. The number of carbonyl (C=O) groups excluding carboxylic acids is 2. The molecule has 2 heterocycles. The van der Waals surface area contributed by atoms with E-state index < -0.39 is 0 Å². The molecule has 1 N–H and O–H groups in total. The summed E-state index contributed by atoms with van der Waals surface area (Å²) in [5, 5.41) is 3.34. The van der Waals surface area contributed by atoms with Crippen molar-refractivity contribution in [2.24, 2.45) is 10.9 Å². The summed E-state index contributed by atoms with van der Waals surface area (Å²) < 4.78 is 5.13. The molecule has 7 nitrogen and oxygen atoms in total. The van der Waals surface area contributed by atoms with Crippen LogP contribution in [0.1, 0.15) is 46.0 Å². The summed E-state index contributed by atoms with van der Waals surface area (Å²) in [7, 11) is 0. The molecule has 0 bridgehead atoms. The second-order valence-electron chi connectivity index (χ2n) is 6.59. The molecule has 2 rings (SSSR count). The van der Waals surface area contributed by atoms with E-state index in [1.807, 2.05) is 11.8 Å². The predicted molar refractivity (Wildman–Crippen MR) is 97.3 cm³/mol. The topological polar surface area (TPSA) is 74.2 Å². The lowest BCUT2D eigenvalue weighted by Crippen LogP contribution is -2.46. The summed E-state index contributed by atoms with van der Waals surface area (Å²) >= 11 is 0. The molecule has 7 heteroatoms. The molecule has 0 aromatic rings. The van der Waals surface area contributed by atoms with E-state index in [1.165, 1.54) is 0 Å². The van der Waals surface area contributed by atoms with Crippen molar-refractivity contribution in [1.29, 1.82) is 0 Å². The van der Waals surface area contributed by atoms with Crippen LogP contribution in [0.25, 0.3) is 0 Å². The van der Waals surface area contributed by atoms with Crippen LogP contribution >= 0.6 is 0 Å². The van der Waals surface area contributed by atoms with Crippen molar-refractivity contribution in [3.8, 4) is 0 Å². The largest absolute Gasteiger partial charge is 0.466 e. The molecule has 0 spiro atoms. The Hall–Kier alpha value is -1.79. The zero-order valence-corrected chi connectivity index (χ0v) is 15.6. The lowest BCUT2D eigenvalue weighted by molar-refractivity contribution is -0.149. The molecule has 0 radical (unpaired) electrons. The van der Waals surface area contributed by atoms with Crippen LogP contribution in [0.5, 0.6) is 0 Å². The van der Waals surface area contributed by atoms with E-state index in [9.17, 15) is 9.59 Å². The smallest absolute Gasteiger partial charge is 0.309 e. The predicted octanol–water partition coefficient (Wildman–Crippen LogP) is 1.24. The Morgan fingerprint density at radius 3 is 2.64 bits per heavy atom. The Morgan fingerprint density at radius 1 is 1.28 bits per heavy atom. The zero-order valence-electron chi connectivity index (χ0n) is 15.6. The number of ether oxygens (including phenoxy) is 1. The third-order valence-electron chi connectivity index (χ3n) is 4.77. The molecule has 2 fully saturated rings. The molecule has 142 valence electrons. The molecule has 2 aliphatic heterocycles. The van der Waals surface area contributed by atoms with Crippen molar-refractivity contribution in [1.82, 2.24) is 15.1 Å². The van der Waals surface area contributed by atoms with E-state index in [2.05, 4.69) is 17.1 Å². The first kappa shape index (κ1) is 19.5. The summed E-state index contributed by atoms with van der Waals surface area (Å²) in [4.78, 5) is 32.3. The zero-order chi connectivity index (χ0) is 18.1. The maximum Gasteiger partial charge on any atom is 0.309 e. The van der Waals surface area contributed by atoms with Crippen molar-refractivity contribution in [3.63, 3.8) is 0 Å². The van der Waals surface area contributed by atoms with Crippen molar-refractivity contribution in [2.45, 2.75) is 46.0 Å². The van der Waals surface area contributed by atoms with Gasteiger partial charge in [0.15, 0.2) is 5.96 Å². The second-order valence-corrected chi connectivity index (χ2v) is 6.59. The average molecular weight is 352 g/mol. The molecule has 25 heavy (non-hydrogen) atoms. The van der Waals surface area contributed by atoms with E-state index in [0.29, 0.717) is 19.6 Å². The first-order valence-corrected chi connectivity index (χ1v) is 9.63. The van der Waals surface area contributed by atoms with Gasteiger partial charge in [-0.25, -0.2) is 0 Å². The lowest BCUT2D eigenvalue weighted by Gasteiger charge is -2.33. The highest BCUT2D eigenvalue weighted by atomic mass is 16.5. The lowest BCUT2D eigenvalue weighted by atomic mass is 9.97. The van der Waals surface area contributed by atoms with E-state index in [4.69, 9.17) is 9.73 Å². The fourth-order valence-electron chi connectivity index (χ4n) is 3.40. The highest BCUT2D eigenvalue weighted by Crippen LogP contribution is 2.18. The van der Waals surface area contributed by atoms with Gasteiger partial charge in [0, 0.05) is 45.7 Å². The quantitative estimate of drug-likeness (QED) is 0.323. The normalized spacial score (nSPS) is 19.4. The van der Waals surface area contributed by atoms with E-state index in [0.717, 1.165) is 64.4 Å². The molecular formula is C18H32N4O3. The minimum atomic E-state index is -0.0700. The van der Waals surface area contributed by atoms with Gasteiger partial charge < -0.3 is 19.9 Å². The molecular weight excluding hydrogens is 320 g/mol. The first-order chi connectivity index (χ1) is 12.2. The Morgan fingerprint density at radius 2 is 2.04 bits per heavy atom. The monoisotopic (exact) mass is 352 g/mol. The number of carbonyl (C=O) groups is 2. The maximum atomic E-state index is 11.8. The Bertz CT molecular complexity index is 473. The van der Waals surface area contributed by atoms with Gasteiger partial charge in [0.1, 0.15) is 0 Å². The minimum absolute atomic E-state index is 0.0141. The number of hydrogen-bond acceptors (Lipinski definition) is 4. The highest BCUT2D eigenvalue weighted by molar-refractivity contribution is 5.80. The number of esters is 1. The van der Waals surface area contributed by atoms with Crippen LogP contribution < -0.4 is 5.32 Å². The third kappa shape index (κ3) is 5.90. The van der Waals surface area contributed by atoms with Gasteiger partial charge in [0.25, 0.3) is 0 Å². The SMILES string of the molecule is CCNC(=NCCCN1CCCC1=O)N1CCC(C(=O)OCC)CC1. The molecule has 0 aromatic heterocycles. The van der Waals surface area contributed by atoms with Crippen LogP contribution in [-0.2, 0) is 14.3 Å². The number of hydrogen-bond donors (Lipinski definition) is 1. The first-order valence-electron chi connectivity index (χ1n) is 9.63. The molecule has 2 aliphatic rings. The summed E-state index contributed by atoms with van der Waals surface area (Å²) in [5.74, 6) is 1.13. The Balaban J connectivity index is 1.77. The number of rotatable bonds is 7. The molecule has 2 saturated heterocycles. The number of piperidine rings is 1. The summed E-state index contributed by atoms with van der Waals surface area (Å²) in [6.45, 7) is 9.22. The van der Waals surface area contributed by atoms with Gasteiger partial charge in [0.2, 0.25) is 5.91 Å². The number of nitrogens with zero attached hydrogens (tertiary/aromatic N) is 3. The standard InChI is InChI=1S/C18H32N4O3/c1-3-19-18(20-10-6-12-21-11-5-7-16(21)23)22-13-8-15(9-14-22)17(24)25-4-2/h15H,3-14H2,1-2H3,(H,19,20). The highest BCUT2D eigenvalue weighted by Gasteiger charge is 2.27. The number of nitrogens with one attached hydrogen (secondary N) is 1. The fourth-order valence-corrected chi connectivity index (χ4v) is 3.40. The molecule has 0 atom stereocenters. The summed E-state index contributed by atoms with van der Waals surface area (Å²) in [6, 6.07) is 0. The molecule has 0 aliphatic carbocycles. The number of amides is 1. The van der Waals surface area contributed by atoms with Gasteiger partial charge in [-0.1, -0.05) is 0 Å². The van der Waals surface area contributed by atoms with Crippen LogP contribution in [0.4, 0.5) is 0 Å². The van der Waals surface area contributed by atoms with Gasteiger partial charge >= 0.3 is 5.97 Å². The molecule has 1 amide bonds. The molecule has 0 aromatic carbocycles. The number of aliphatic imine (C=N–C) groups is 1. The Labute approximate surface area is 150 Å². The third-order valence-corrected chi connectivity index (χ3v) is 4.77. The van der Waals surface area contributed by atoms with Crippen molar-refractivity contribution in [3.05, 3.63) is 0 Å². The van der Waals surface area contributed by atoms with Crippen molar-refractivity contribution in [2.75, 3.05) is 45.9 Å². The summed E-state index contributed by atoms with van der Waals surface area (Å²) in [6.07, 6.45) is 4.19. The summed E-state index contributed by atoms with van der Waals surface area (Å²) in [5.41, 5.74) is 0. The maximum absolute atomic E-state index is 11.8.